The Morgan fingerprint density at radius 1 is 1.79 bits per heavy atom. The first kappa shape index (κ1) is 10.1. The number of nitrogens with zero attached hydrogens (tertiary/aromatic N) is 1. The molecule has 4 nitrogen and oxygen atoms in total. The van der Waals surface area contributed by atoms with Crippen molar-refractivity contribution in [2.75, 3.05) is 0 Å². The summed E-state index contributed by atoms with van der Waals surface area (Å²) in [7, 11) is 0. The molecule has 0 fully saturated rings. The van der Waals surface area contributed by atoms with Crippen LogP contribution in [0.5, 0.6) is 5.75 Å². The second-order valence-electron chi connectivity index (χ2n) is 2.75. The van der Waals surface area contributed by atoms with E-state index in [0.717, 1.165) is 0 Å². The van der Waals surface area contributed by atoms with Crippen LogP contribution in [0.15, 0.2) is 18.5 Å². The number of carbonyl (C=O) groups excluding carboxylic acids is 1. The summed E-state index contributed by atoms with van der Waals surface area (Å²) in [6.45, 7) is 1.68. The minimum Gasteiger partial charge on any atom is -0.505 e. The molecule has 1 heterocycles. The Morgan fingerprint density at radius 3 is 3.07 bits per heavy atom. The summed E-state index contributed by atoms with van der Waals surface area (Å²) in [5.74, 6) is 1.79. The summed E-state index contributed by atoms with van der Waals surface area (Å²) in [5, 5.41) is 11.8. The molecule has 0 saturated carbocycles. The smallest absolute Gasteiger partial charge is 0.256 e. The molecular weight excluding hydrogens is 180 g/mol. The van der Waals surface area contributed by atoms with Gasteiger partial charge >= 0.3 is 0 Å². The number of aromatic hydroxyl groups is 1. The highest BCUT2D eigenvalue weighted by molar-refractivity contribution is 5.96. The van der Waals surface area contributed by atoms with Gasteiger partial charge in [-0.15, -0.1) is 6.42 Å². The van der Waals surface area contributed by atoms with E-state index in [9.17, 15) is 9.90 Å². The topological polar surface area (TPSA) is 62.2 Å². The van der Waals surface area contributed by atoms with Gasteiger partial charge in [0.15, 0.2) is 0 Å². The van der Waals surface area contributed by atoms with Crippen molar-refractivity contribution in [2.24, 2.45) is 0 Å². The quantitative estimate of drug-likeness (QED) is 0.669. The lowest BCUT2D eigenvalue weighted by Gasteiger charge is -2.08. The first-order valence-corrected chi connectivity index (χ1v) is 4.05. The molecule has 1 aromatic heterocycles. The van der Waals surface area contributed by atoms with Crippen LogP contribution in [-0.4, -0.2) is 22.0 Å². The Morgan fingerprint density at radius 2 is 2.50 bits per heavy atom. The molecule has 0 radical (unpaired) electrons. The molecule has 1 atom stereocenters. The summed E-state index contributed by atoms with van der Waals surface area (Å²) < 4.78 is 0. The van der Waals surface area contributed by atoms with Crippen molar-refractivity contribution < 1.29 is 9.90 Å². The molecule has 0 bridgehead atoms. The van der Waals surface area contributed by atoms with E-state index in [1.54, 1.807) is 6.92 Å². The van der Waals surface area contributed by atoms with Crippen LogP contribution in [0.4, 0.5) is 0 Å². The zero-order chi connectivity index (χ0) is 10.6. The van der Waals surface area contributed by atoms with Crippen molar-refractivity contribution in [3.63, 3.8) is 0 Å². The number of hydrogen-bond donors (Lipinski definition) is 2. The molecule has 0 spiro atoms. The largest absolute Gasteiger partial charge is 0.505 e. The third kappa shape index (κ3) is 2.23. The van der Waals surface area contributed by atoms with Gasteiger partial charge in [-0.1, -0.05) is 5.92 Å². The summed E-state index contributed by atoms with van der Waals surface area (Å²) >= 11 is 0. The van der Waals surface area contributed by atoms with Gasteiger partial charge in [0.05, 0.1) is 17.8 Å². The highest BCUT2D eigenvalue weighted by atomic mass is 16.3. The van der Waals surface area contributed by atoms with Crippen molar-refractivity contribution in [3.05, 3.63) is 24.0 Å². The average Bonchev–Trinajstić information content (AvgIpc) is 2.18. The van der Waals surface area contributed by atoms with Crippen LogP contribution >= 0.6 is 0 Å². The molecule has 0 aliphatic carbocycles. The van der Waals surface area contributed by atoms with Gasteiger partial charge in [-0.3, -0.25) is 9.78 Å². The molecule has 14 heavy (non-hydrogen) atoms. The van der Waals surface area contributed by atoms with Crippen molar-refractivity contribution in [1.82, 2.24) is 10.3 Å². The van der Waals surface area contributed by atoms with E-state index in [2.05, 4.69) is 16.2 Å². The minimum atomic E-state index is -0.407. The molecule has 1 amide bonds. The minimum absolute atomic E-state index is 0.158. The van der Waals surface area contributed by atoms with Crippen LogP contribution in [-0.2, 0) is 0 Å². The molecule has 4 heteroatoms. The first-order chi connectivity index (χ1) is 6.65. The third-order valence-electron chi connectivity index (χ3n) is 1.64. The Bertz CT molecular complexity index is 382. The number of rotatable bonds is 2. The summed E-state index contributed by atoms with van der Waals surface area (Å²) in [6, 6.07) is 1.06. The lowest BCUT2D eigenvalue weighted by Crippen LogP contribution is -2.31. The molecular formula is C10H10N2O2. The molecule has 1 unspecified atom stereocenters. The Balaban J connectivity index is 2.81. The SMILES string of the molecule is C#CC(C)NC(=O)c1ccncc1O. The number of pyridine rings is 1. The van der Waals surface area contributed by atoms with Gasteiger partial charge in [0, 0.05) is 6.20 Å². The maximum Gasteiger partial charge on any atom is 0.256 e. The number of hydrogen-bond acceptors (Lipinski definition) is 3. The van der Waals surface area contributed by atoms with E-state index in [1.807, 2.05) is 0 Å². The highest BCUT2D eigenvalue weighted by Crippen LogP contribution is 2.13. The predicted octanol–water partition coefficient (Wildman–Crippen LogP) is 0.539. The standard InChI is InChI=1S/C10H10N2O2/c1-3-7(2)12-10(14)8-4-5-11-6-9(8)13/h1,4-7,13H,2H3,(H,12,14). The molecule has 72 valence electrons. The lowest BCUT2D eigenvalue weighted by atomic mass is 10.2. The van der Waals surface area contributed by atoms with Gasteiger partial charge in [0.25, 0.3) is 5.91 Å². The van der Waals surface area contributed by atoms with Crippen molar-refractivity contribution in [1.29, 1.82) is 0 Å². The van der Waals surface area contributed by atoms with Crippen molar-refractivity contribution in [2.45, 2.75) is 13.0 Å². The zero-order valence-electron chi connectivity index (χ0n) is 7.69. The maximum absolute atomic E-state index is 11.4. The van der Waals surface area contributed by atoms with E-state index in [4.69, 9.17) is 6.42 Å². The number of nitrogens with one attached hydrogen (secondary N) is 1. The summed E-state index contributed by atoms with van der Waals surface area (Å²) in [6.07, 6.45) is 7.73. The number of aromatic nitrogens is 1. The fourth-order valence-corrected chi connectivity index (χ4v) is 0.894. The van der Waals surface area contributed by atoms with Crippen LogP contribution in [0.25, 0.3) is 0 Å². The van der Waals surface area contributed by atoms with Crippen LogP contribution in [0.3, 0.4) is 0 Å². The fraction of sp³-hybridized carbons (Fsp3) is 0.200. The number of carbonyl (C=O) groups is 1. The van der Waals surface area contributed by atoms with E-state index < -0.39 is 5.91 Å². The third-order valence-corrected chi connectivity index (χ3v) is 1.64. The van der Waals surface area contributed by atoms with Crippen LogP contribution < -0.4 is 5.32 Å². The second kappa shape index (κ2) is 4.28. The molecule has 0 aliphatic heterocycles. The van der Waals surface area contributed by atoms with E-state index in [0.29, 0.717) is 0 Å². The number of terminal acetylenes is 1. The predicted molar refractivity (Wildman–Crippen MR) is 51.7 cm³/mol. The molecule has 0 saturated heterocycles. The van der Waals surface area contributed by atoms with Gasteiger partial charge in [0.1, 0.15) is 5.75 Å². The second-order valence-corrected chi connectivity index (χ2v) is 2.75. The molecule has 2 N–H and O–H groups in total. The van der Waals surface area contributed by atoms with Gasteiger partial charge < -0.3 is 10.4 Å². The van der Waals surface area contributed by atoms with Crippen LogP contribution in [0.2, 0.25) is 0 Å². The summed E-state index contributed by atoms with van der Waals surface area (Å²) in [5.41, 5.74) is 0.169. The maximum atomic E-state index is 11.4. The molecule has 0 aromatic carbocycles. The Labute approximate surface area is 82.0 Å². The normalized spacial score (nSPS) is 11.4. The molecule has 0 aliphatic rings. The van der Waals surface area contributed by atoms with E-state index in [1.165, 1.54) is 18.5 Å². The van der Waals surface area contributed by atoms with Crippen LogP contribution in [0, 0.1) is 12.3 Å². The first-order valence-electron chi connectivity index (χ1n) is 4.05. The zero-order valence-corrected chi connectivity index (χ0v) is 7.69. The van der Waals surface area contributed by atoms with Gasteiger partial charge in [-0.2, -0.15) is 0 Å². The lowest BCUT2D eigenvalue weighted by molar-refractivity contribution is 0.0945. The fourth-order valence-electron chi connectivity index (χ4n) is 0.894. The van der Waals surface area contributed by atoms with Gasteiger partial charge in [-0.05, 0) is 13.0 Å². The summed E-state index contributed by atoms with van der Waals surface area (Å²) in [4.78, 5) is 15.1. The van der Waals surface area contributed by atoms with E-state index in [-0.39, 0.29) is 17.4 Å². The molecule has 1 rings (SSSR count). The van der Waals surface area contributed by atoms with Crippen LogP contribution in [0.1, 0.15) is 17.3 Å². The monoisotopic (exact) mass is 190 g/mol. The van der Waals surface area contributed by atoms with Crippen molar-refractivity contribution >= 4 is 5.91 Å². The Kier molecular flexibility index (Phi) is 3.08. The average molecular weight is 190 g/mol. The van der Waals surface area contributed by atoms with Gasteiger partial charge in [-0.25, -0.2) is 0 Å². The Hall–Kier alpha value is -2.02. The highest BCUT2D eigenvalue weighted by Gasteiger charge is 2.11. The van der Waals surface area contributed by atoms with Crippen molar-refractivity contribution in [3.8, 4) is 18.1 Å². The molecule has 1 aromatic rings. The van der Waals surface area contributed by atoms with Gasteiger partial charge in [0.2, 0.25) is 0 Å². The number of amides is 1. The van der Waals surface area contributed by atoms with E-state index >= 15 is 0 Å².